The maximum atomic E-state index is 11.4. The Morgan fingerprint density at radius 3 is 2.65 bits per heavy atom. The van der Waals surface area contributed by atoms with Crippen LogP contribution in [0.1, 0.15) is 16.8 Å². The lowest BCUT2D eigenvalue weighted by Crippen LogP contribution is -2.18. The van der Waals surface area contributed by atoms with E-state index in [-0.39, 0.29) is 16.5 Å². The van der Waals surface area contributed by atoms with Crippen molar-refractivity contribution in [3.8, 4) is 0 Å². The van der Waals surface area contributed by atoms with E-state index in [2.05, 4.69) is 10.6 Å². The van der Waals surface area contributed by atoms with Crippen LogP contribution in [0.2, 0.25) is 5.02 Å². The summed E-state index contributed by atoms with van der Waals surface area (Å²) in [6.07, 6.45) is 0.342. The van der Waals surface area contributed by atoms with Gasteiger partial charge in [-0.2, -0.15) is 0 Å². The van der Waals surface area contributed by atoms with E-state index < -0.39 is 5.97 Å². The number of rotatable bonds is 5. The number of amides is 1. The molecule has 1 rings (SSSR count). The lowest BCUT2D eigenvalue weighted by atomic mass is 10.2. The first kappa shape index (κ1) is 13.5. The van der Waals surface area contributed by atoms with Gasteiger partial charge in [-0.25, -0.2) is 4.79 Å². The molecule has 17 heavy (non-hydrogen) atoms. The lowest BCUT2D eigenvalue weighted by molar-refractivity contribution is -0.116. The highest BCUT2D eigenvalue weighted by Crippen LogP contribution is 2.21. The molecule has 0 spiro atoms. The van der Waals surface area contributed by atoms with E-state index in [4.69, 9.17) is 16.7 Å². The Hall–Kier alpha value is -1.59. The van der Waals surface area contributed by atoms with Crippen LogP contribution < -0.4 is 10.6 Å². The summed E-state index contributed by atoms with van der Waals surface area (Å²) in [5.41, 5.74) is 0.501. The number of anilines is 1. The molecule has 0 aliphatic rings. The van der Waals surface area contributed by atoms with Gasteiger partial charge in [-0.15, -0.1) is 0 Å². The van der Waals surface area contributed by atoms with Gasteiger partial charge in [-0.1, -0.05) is 11.6 Å². The second-order valence-electron chi connectivity index (χ2n) is 3.40. The molecule has 0 radical (unpaired) electrons. The molecule has 1 aromatic carbocycles. The molecule has 0 aliphatic carbocycles. The maximum absolute atomic E-state index is 11.4. The van der Waals surface area contributed by atoms with E-state index in [9.17, 15) is 9.59 Å². The average molecular weight is 257 g/mol. The Morgan fingerprint density at radius 2 is 2.12 bits per heavy atom. The fraction of sp³-hybridized carbons (Fsp3) is 0.273. The van der Waals surface area contributed by atoms with Gasteiger partial charge in [0.1, 0.15) is 0 Å². The van der Waals surface area contributed by atoms with Crippen LogP contribution in [0.5, 0.6) is 0 Å². The summed E-state index contributed by atoms with van der Waals surface area (Å²) in [6, 6.07) is 4.28. The first-order chi connectivity index (χ1) is 8.04. The van der Waals surface area contributed by atoms with E-state index in [1.165, 1.54) is 18.2 Å². The van der Waals surface area contributed by atoms with E-state index in [0.717, 1.165) is 0 Å². The molecule has 0 aromatic heterocycles. The van der Waals surface area contributed by atoms with Gasteiger partial charge in [0.05, 0.1) is 10.6 Å². The third-order valence-electron chi connectivity index (χ3n) is 2.09. The normalized spacial score (nSPS) is 10.0. The van der Waals surface area contributed by atoms with Crippen LogP contribution in [0, 0.1) is 0 Å². The van der Waals surface area contributed by atoms with Gasteiger partial charge in [0.25, 0.3) is 0 Å². The van der Waals surface area contributed by atoms with Crippen LogP contribution in [0.25, 0.3) is 0 Å². The fourth-order valence-corrected chi connectivity index (χ4v) is 1.49. The lowest BCUT2D eigenvalue weighted by Gasteiger charge is -2.06. The largest absolute Gasteiger partial charge is 0.478 e. The standard InChI is InChI=1S/C11H13ClN2O3/c1-13-5-4-10(15)14-7-2-3-8(11(16)17)9(12)6-7/h2-3,6,13H,4-5H2,1H3,(H,14,15)(H,16,17). The van der Waals surface area contributed by atoms with Gasteiger partial charge in [0, 0.05) is 18.7 Å². The number of carboxylic acids is 1. The van der Waals surface area contributed by atoms with Crippen molar-refractivity contribution < 1.29 is 14.7 Å². The van der Waals surface area contributed by atoms with E-state index in [0.29, 0.717) is 18.7 Å². The minimum absolute atomic E-state index is 0.0138. The summed E-state index contributed by atoms with van der Waals surface area (Å²) in [4.78, 5) is 22.1. The molecule has 0 bridgehead atoms. The summed E-state index contributed by atoms with van der Waals surface area (Å²) in [7, 11) is 1.76. The summed E-state index contributed by atoms with van der Waals surface area (Å²) in [5.74, 6) is -1.25. The van der Waals surface area contributed by atoms with E-state index >= 15 is 0 Å². The molecule has 0 saturated carbocycles. The van der Waals surface area contributed by atoms with Crippen molar-refractivity contribution in [3.05, 3.63) is 28.8 Å². The minimum Gasteiger partial charge on any atom is -0.478 e. The number of carboxylic acid groups (broad SMARTS) is 1. The summed E-state index contributed by atoms with van der Waals surface area (Å²) in [6.45, 7) is 0.576. The van der Waals surface area contributed by atoms with Crippen molar-refractivity contribution in [3.63, 3.8) is 0 Å². The Labute approximate surface area is 104 Å². The second-order valence-corrected chi connectivity index (χ2v) is 3.81. The zero-order valence-electron chi connectivity index (χ0n) is 9.29. The minimum atomic E-state index is -1.09. The van der Waals surface area contributed by atoms with E-state index in [1.807, 2.05) is 0 Å². The number of hydrogen-bond donors (Lipinski definition) is 3. The number of aromatic carboxylic acids is 1. The van der Waals surface area contributed by atoms with Crippen molar-refractivity contribution >= 4 is 29.2 Å². The summed E-state index contributed by atoms with van der Waals surface area (Å²) < 4.78 is 0. The number of nitrogens with one attached hydrogen (secondary N) is 2. The van der Waals surface area contributed by atoms with Crippen LogP contribution in [0.4, 0.5) is 5.69 Å². The predicted octanol–water partition coefficient (Wildman–Crippen LogP) is 1.59. The molecular weight excluding hydrogens is 244 g/mol. The van der Waals surface area contributed by atoms with Gasteiger partial charge in [-0.05, 0) is 25.2 Å². The van der Waals surface area contributed by atoms with Crippen LogP contribution in [0.3, 0.4) is 0 Å². The van der Waals surface area contributed by atoms with Gasteiger partial charge in [-0.3, -0.25) is 4.79 Å². The van der Waals surface area contributed by atoms with Crippen LogP contribution in [-0.4, -0.2) is 30.6 Å². The molecule has 0 unspecified atom stereocenters. The van der Waals surface area contributed by atoms with Crippen molar-refractivity contribution in [2.75, 3.05) is 18.9 Å². The van der Waals surface area contributed by atoms with Crippen molar-refractivity contribution in [2.45, 2.75) is 6.42 Å². The summed E-state index contributed by atoms with van der Waals surface area (Å²) in [5, 5.41) is 14.4. The predicted molar refractivity (Wildman–Crippen MR) is 65.6 cm³/mol. The molecule has 1 aromatic rings. The van der Waals surface area contributed by atoms with Crippen LogP contribution in [-0.2, 0) is 4.79 Å². The Morgan fingerprint density at radius 1 is 1.41 bits per heavy atom. The van der Waals surface area contributed by atoms with Gasteiger partial charge < -0.3 is 15.7 Å². The van der Waals surface area contributed by atoms with Gasteiger partial charge in [0.15, 0.2) is 0 Å². The third kappa shape index (κ3) is 4.05. The Bertz CT molecular complexity index is 435. The van der Waals surface area contributed by atoms with Crippen molar-refractivity contribution in [1.29, 1.82) is 0 Å². The summed E-state index contributed by atoms with van der Waals surface area (Å²) >= 11 is 5.77. The number of benzene rings is 1. The topological polar surface area (TPSA) is 78.4 Å². The molecule has 1 amide bonds. The number of hydrogen-bond acceptors (Lipinski definition) is 3. The molecule has 3 N–H and O–H groups in total. The molecule has 6 heteroatoms. The molecule has 0 fully saturated rings. The highest BCUT2D eigenvalue weighted by Gasteiger charge is 2.09. The maximum Gasteiger partial charge on any atom is 0.337 e. The zero-order chi connectivity index (χ0) is 12.8. The zero-order valence-corrected chi connectivity index (χ0v) is 10.0. The number of carbonyl (C=O) groups excluding carboxylic acids is 1. The van der Waals surface area contributed by atoms with Crippen LogP contribution in [0.15, 0.2) is 18.2 Å². The first-order valence-electron chi connectivity index (χ1n) is 5.02. The highest BCUT2D eigenvalue weighted by molar-refractivity contribution is 6.33. The number of carbonyl (C=O) groups is 2. The molecule has 0 heterocycles. The monoisotopic (exact) mass is 256 g/mol. The first-order valence-corrected chi connectivity index (χ1v) is 5.39. The SMILES string of the molecule is CNCCC(=O)Nc1ccc(C(=O)O)c(Cl)c1. The van der Waals surface area contributed by atoms with Crippen LogP contribution >= 0.6 is 11.6 Å². The average Bonchev–Trinajstić information content (AvgIpc) is 2.26. The van der Waals surface area contributed by atoms with Crippen molar-refractivity contribution in [2.24, 2.45) is 0 Å². The smallest absolute Gasteiger partial charge is 0.337 e. The quantitative estimate of drug-likeness (QED) is 0.748. The van der Waals surface area contributed by atoms with Crippen molar-refractivity contribution in [1.82, 2.24) is 5.32 Å². The number of halogens is 1. The fourth-order valence-electron chi connectivity index (χ4n) is 1.23. The van der Waals surface area contributed by atoms with Gasteiger partial charge in [0.2, 0.25) is 5.91 Å². The molecule has 0 atom stereocenters. The van der Waals surface area contributed by atoms with E-state index in [1.54, 1.807) is 7.05 Å². The Kier molecular flexibility index (Phi) is 4.93. The van der Waals surface area contributed by atoms with Gasteiger partial charge >= 0.3 is 5.97 Å². The Balaban J connectivity index is 2.70. The second kappa shape index (κ2) is 6.22. The molecular formula is C11H13ClN2O3. The highest BCUT2D eigenvalue weighted by atomic mass is 35.5. The third-order valence-corrected chi connectivity index (χ3v) is 2.40. The molecule has 0 saturated heterocycles. The molecule has 0 aliphatic heterocycles. The molecule has 92 valence electrons. The molecule has 5 nitrogen and oxygen atoms in total.